The number of nitrogens with two attached hydrogens (primary N) is 1. The van der Waals surface area contributed by atoms with Crippen LogP contribution in [0.1, 0.15) is 43.4 Å². The highest BCUT2D eigenvalue weighted by Gasteiger charge is 2.35. The highest BCUT2D eigenvalue weighted by atomic mass is 16.2. The third-order valence-corrected chi connectivity index (χ3v) is 3.90. The predicted octanol–water partition coefficient (Wildman–Crippen LogP) is 1.81. The minimum Gasteiger partial charge on any atom is -0.395 e. The Hall–Kier alpha value is -1.52. The molecule has 5 nitrogen and oxygen atoms in total. The predicted molar refractivity (Wildman–Crippen MR) is 71.2 cm³/mol. The summed E-state index contributed by atoms with van der Waals surface area (Å²) in [5.74, 6) is 0.492. The van der Waals surface area contributed by atoms with Crippen LogP contribution < -0.4 is 5.73 Å². The van der Waals surface area contributed by atoms with E-state index in [2.05, 4.69) is 31.0 Å². The largest absolute Gasteiger partial charge is 0.395 e. The summed E-state index contributed by atoms with van der Waals surface area (Å²) in [4.78, 5) is 14.2. The van der Waals surface area contributed by atoms with Gasteiger partial charge in [0.1, 0.15) is 0 Å². The van der Waals surface area contributed by atoms with Gasteiger partial charge >= 0.3 is 0 Å². The van der Waals surface area contributed by atoms with Crippen molar-refractivity contribution in [1.82, 2.24) is 15.1 Å². The standard InChI is InChI=1S/C13H22N4O/c1-8-10(14)11(16-15-8)12(18)17-6-5-9(7-17)13(2,3)4/h9H,5-7,14H2,1-4H3,(H,15,16). The molecule has 100 valence electrons. The summed E-state index contributed by atoms with van der Waals surface area (Å²) in [5, 5.41) is 6.77. The summed E-state index contributed by atoms with van der Waals surface area (Å²) < 4.78 is 0. The molecule has 0 spiro atoms. The Morgan fingerprint density at radius 3 is 2.61 bits per heavy atom. The molecule has 0 saturated carbocycles. The van der Waals surface area contributed by atoms with Crippen LogP contribution in [0.4, 0.5) is 5.69 Å². The van der Waals surface area contributed by atoms with E-state index < -0.39 is 0 Å². The van der Waals surface area contributed by atoms with Crippen molar-refractivity contribution in [3.8, 4) is 0 Å². The second-order valence-electron chi connectivity index (χ2n) is 6.21. The summed E-state index contributed by atoms with van der Waals surface area (Å²) in [6.07, 6.45) is 1.05. The Morgan fingerprint density at radius 1 is 1.50 bits per heavy atom. The number of amides is 1. The van der Waals surface area contributed by atoms with Gasteiger partial charge in [-0.25, -0.2) is 0 Å². The normalized spacial score (nSPS) is 20.4. The molecule has 2 heterocycles. The zero-order valence-electron chi connectivity index (χ0n) is 11.6. The van der Waals surface area contributed by atoms with E-state index in [4.69, 9.17) is 5.73 Å². The highest BCUT2D eigenvalue weighted by Crippen LogP contribution is 2.34. The average Bonchev–Trinajstić information content (AvgIpc) is 2.86. The Labute approximate surface area is 108 Å². The van der Waals surface area contributed by atoms with Crippen LogP contribution in [0.15, 0.2) is 0 Å². The third kappa shape index (κ3) is 2.21. The summed E-state index contributed by atoms with van der Waals surface area (Å²) in [7, 11) is 0. The van der Waals surface area contributed by atoms with Crippen molar-refractivity contribution in [3.63, 3.8) is 0 Å². The lowest BCUT2D eigenvalue weighted by Gasteiger charge is -2.26. The van der Waals surface area contributed by atoms with Gasteiger partial charge in [-0.05, 0) is 24.7 Å². The molecule has 3 N–H and O–H groups in total. The number of hydrogen-bond donors (Lipinski definition) is 2. The first-order chi connectivity index (χ1) is 8.30. The van der Waals surface area contributed by atoms with Gasteiger partial charge in [-0.15, -0.1) is 0 Å². The first-order valence-electron chi connectivity index (χ1n) is 6.40. The number of nitrogens with zero attached hydrogens (tertiary/aromatic N) is 2. The van der Waals surface area contributed by atoms with Crippen LogP contribution in [-0.4, -0.2) is 34.1 Å². The van der Waals surface area contributed by atoms with E-state index in [0.29, 0.717) is 17.3 Å². The van der Waals surface area contributed by atoms with Crippen molar-refractivity contribution in [2.75, 3.05) is 18.8 Å². The lowest BCUT2D eigenvalue weighted by atomic mass is 9.80. The lowest BCUT2D eigenvalue weighted by Crippen LogP contribution is -2.31. The number of aryl methyl sites for hydroxylation is 1. The summed E-state index contributed by atoms with van der Waals surface area (Å²) in [6.45, 7) is 10.1. The van der Waals surface area contributed by atoms with Gasteiger partial charge < -0.3 is 10.6 Å². The molecule has 1 aromatic heterocycles. The van der Waals surface area contributed by atoms with Crippen LogP contribution >= 0.6 is 0 Å². The van der Waals surface area contributed by atoms with Gasteiger partial charge in [0, 0.05) is 13.1 Å². The zero-order chi connectivity index (χ0) is 13.5. The van der Waals surface area contributed by atoms with E-state index in [9.17, 15) is 4.79 Å². The topological polar surface area (TPSA) is 75.0 Å². The number of rotatable bonds is 1. The van der Waals surface area contributed by atoms with Crippen molar-refractivity contribution in [2.45, 2.75) is 34.1 Å². The number of aromatic amines is 1. The summed E-state index contributed by atoms with van der Waals surface area (Å²) in [5.41, 5.74) is 7.68. The highest BCUT2D eigenvalue weighted by molar-refractivity contribution is 5.97. The molecule has 0 aromatic carbocycles. The SMILES string of the molecule is Cc1[nH]nc(C(=O)N2CCC(C(C)(C)C)C2)c1N. The van der Waals surface area contributed by atoms with E-state index in [-0.39, 0.29) is 11.3 Å². The molecule has 1 aliphatic heterocycles. The van der Waals surface area contributed by atoms with Crippen LogP contribution in [0.3, 0.4) is 0 Å². The van der Waals surface area contributed by atoms with E-state index in [0.717, 1.165) is 25.2 Å². The second-order valence-corrected chi connectivity index (χ2v) is 6.21. The molecule has 5 heteroatoms. The maximum atomic E-state index is 12.3. The number of nitrogen functional groups attached to an aromatic ring is 1. The Bertz CT molecular complexity index is 458. The van der Waals surface area contributed by atoms with Crippen molar-refractivity contribution in [3.05, 3.63) is 11.4 Å². The Morgan fingerprint density at radius 2 is 2.17 bits per heavy atom. The molecular formula is C13H22N4O. The van der Waals surface area contributed by atoms with Gasteiger partial charge in [0.05, 0.1) is 11.4 Å². The molecule has 0 bridgehead atoms. The summed E-state index contributed by atoms with van der Waals surface area (Å²) >= 11 is 0. The lowest BCUT2D eigenvalue weighted by molar-refractivity contribution is 0.0772. The van der Waals surface area contributed by atoms with Gasteiger partial charge in [-0.3, -0.25) is 9.89 Å². The quantitative estimate of drug-likeness (QED) is 0.798. The van der Waals surface area contributed by atoms with Gasteiger partial charge in [0.2, 0.25) is 0 Å². The number of hydrogen-bond acceptors (Lipinski definition) is 3. The molecule has 1 atom stereocenters. The molecule has 0 aliphatic carbocycles. The maximum absolute atomic E-state index is 12.3. The number of carbonyl (C=O) groups is 1. The molecule has 0 radical (unpaired) electrons. The van der Waals surface area contributed by atoms with Crippen molar-refractivity contribution in [1.29, 1.82) is 0 Å². The van der Waals surface area contributed by atoms with Crippen LogP contribution in [0.5, 0.6) is 0 Å². The Balaban J connectivity index is 2.11. The fraction of sp³-hybridized carbons (Fsp3) is 0.692. The van der Waals surface area contributed by atoms with Crippen LogP contribution in [-0.2, 0) is 0 Å². The first kappa shape index (κ1) is 12.9. The monoisotopic (exact) mass is 250 g/mol. The maximum Gasteiger partial charge on any atom is 0.276 e. The van der Waals surface area contributed by atoms with Crippen molar-refractivity contribution >= 4 is 11.6 Å². The van der Waals surface area contributed by atoms with Gasteiger partial charge in [-0.2, -0.15) is 5.10 Å². The van der Waals surface area contributed by atoms with Gasteiger partial charge in [0.15, 0.2) is 5.69 Å². The number of nitrogens with one attached hydrogen (secondary N) is 1. The second kappa shape index (κ2) is 4.30. The molecule has 1 unspecified atom stereocenters. The molecule has 2 rings (SSSR count). The number of likely N-dealkylation sites (tertiary alicyclic amines) is 1. The fourth-order valence-corrected chi connectivity index (χ4v) is 2.40. The molecule has 1 fully saturated rings. The molecule has 1 aromatic rings. The number of H-pyrrole nitrogens is 1. The van der Waals surface area contributed by atoms with Crippen LogP contribution in [0.2, 0.25) is 0 Å². The van der Waals surface area contributed by atoms with E-state index in [1.165, 1.54) is 0 Å². The first-order valence-corrected chi connectivity index (χ1v) is 6.40. The molecule has 1 amide bonds. The average molecular weight is 250 g/mol. The van der Waals surface area contributed by atoms with Crippen LogP contribution in [0, 0.1) is 18.3 Å². The molecular weight excluding hydrogens is 228 g/mol. The van der Waals surface area contributed by atoms with E-state index in [1.54, 1.807) is 0 Å². The number of aromatic nitrogens is 2. The molecule has 18 heavy (non-hydrogen) atoms. The third-order valence-electron chi connectivity index (χ3n) is 3.90. The molecule has 1 saturated heterocycles. The van der Waals surface area contributed by atoms with Crippen molar-refractivity contribution in [2.24, 2.45) is 11.3 Å². The fourth-order valence-electron chi connectivity index (χ4n) is 2.40. The van der Waals surface area contributed by atoms with Crippen LogP contribution in [0.25, 0.3) is 0 Å². The van der Waals surface area contributed by atoms with Gasteiger partial charge in [-0.1, -0.05) is 20.8 Å². The number of carbonyl (C=O) groups excluding carboxylic acids is 1. The zero-order valence-corrected chi connectivity index (χ0v) is 11.6. The summed E-state index contributed by atoms with van der Waals surface area (Å²) in [6, 6.07) is 0. The number of anilines is 1. The molecule has 1 aliphatic rings. The van der Waals surface area contributed by atoms with E-state index >= 15 is 0 Å². The van der Waals surface area contributed by atoms with Crippen molar-refractivity contribution < 1.29 is 4.79 Å². The van der Waals surface area contributed by atoms with E-state index in [1.807, 2.05) is 11.8 Å². The van der Waals surface area contributed by atoms with Gasteiger partial charge in [0.25, 0.3) is 5.91 Å². The minimum atomic E-state index is -0.0522. The minimum absolute atomic E-state index is 0.0522. The Kier molecular flexibility index (Phi) is 3.09. The smallest absolute Gasteiger partial charge is 0.276 e.